The molecule has 1 heterocycles. The predicted octanol–water partition coefficient (Wildman–Crippen LogP) is 1.77. The number of aryl methyl sites for hydroxylation is 1. The van der Waals surface area contributed by atoms with Crippen LogP contribution in [0, 0.1) is 0 Å². The van der Waals surface area contributed by atoms with Gasteiger partial charge in [-0.15, -0.1) is 0 Å². The van der Waals surface area contributed by atoms with Gasteiger partial charge >= 0.3 is 0 Å². The van der Waals surface area contributed by atoms with Gasteiger partial charge in [0, 0.05) is 11.7 Å². The number of fused-ring (bicyclic) bond motifs is 1. The highest BCUT2D eigenvalue weighted by molar-refractivity contribution is 5.56. The Bertz CT molecular complexity index is 338. The van der Waals surface area contributed by atoms with E-state index in [1.807, 2.05) is 6.07 Å². The summed E-state index contributed by atoms with van der Waals surface area (Å²) in [5.74, 6) is 0.938. The summed E-state index contributed by atoms with van der Waals surface area (Å²) in [6, 6.07) is 6.74. The number of anilines is 1. The predicted molar refractivity (Wildman–Crippen MR) is 62.4 cm³/mol. The fraction of sp³-hybridized carbons (Fsp3) is 0.500. The minimum Gasteiger partial charge on any atom is -0.497 e. The summed E-state index contributed by atoms with van der Waals surface area (Å²) in [7, 11) is 1.70. The van der Waals surface area contributed by atoms with Crippen LogP contribution in [0.3, 0.4) is 0 Å². The fourth-order valence-corrected chi connectivity index (χ4v) is 2.08. The van der Waals surface area contributed by atoms with Crippen LogP contribution in [-0.2, 0) is 6.42 Å². The molecule has 0 aromatic heterocycles. The summed E-state index contributed by atoms with van der Waals surface area (Å²) in [5, 5.41) is 3.51. The fourth-order valence-electron chi connectivity index (χ4n) is 2.08. The van der Waals surface area contributed by atoms with Crippen LogP contribution in [0.15, 0.2) is 18.2 Å². The van der Waals surface area contributed by atoms with Crippen LogP contribution in [0.25, 0.3) is 0 Å². The van der Waals surface area contributed by atoms with Crippen LogP contribution in [0.1, 0.15) is 18.4 Å². The van der Waals surface area contributed by atoms with Gasteiger partial charge in [-0.2, -0.15) is 0 Å². The lowest BCUT2D eigenvalue weighted by Crippen LogP contribution is -2.27. The van der Waals surface area contributed by atoms with Gasteiger partial charge in [-0.25, -0.2) is 0 Å². The Morgan fingerprint density at radius 3 is 3.13 bits per heavy atom. The highest BCUT2D eigenvalue weighted by atomic mass is 16.5. The summed E-state index contributed by atoms with van der Waals surface area (Å²) < 4.78 is 5.21. The van der Waals surface area contributed by atoms with Crippen LogP contribution in [0.4, 0.5) is 5.69 Å². The van der Waals surface area contributed by atoms with Gasteiger partial charge in [-0.1, -0.05) is 0 Å². The minimum atomic E-state index is 0.538. The van der Waals surface area contributed by atoms with Crippen molar-refractivity contribution in [2.24, 2.45) is 5.73 Å². The average Bonchev–Trinajstić information content (AvgIpc) is 2.29. The lowest BCUT2D eigenvalue weighted by molar-refractivity contribution is 0.414. The molecule has 82 valence electrons. The monoisotopic (exact) mass is 206 g/mol. The third-order valence-corrected chi connectivity index (χ3v) is 2.95. The van der Waals surface area contributed by atoms with E-state index in [4.69, 9.17) is 10.5 Å². The molecule has 15 heavy (non-hydrogen) atoms. The zero-order valence-corrected chi connectivity index (χ0v) is 9.12. The number of benzene rings is 1. The smallest absolute Gasteiger partial charge is 0.119 e. The van der Waals surface area contributed by atoms with E-state index < -0.39 is 0 Å². The normalized spacial score (nSPS) is 19.2. The Labute approximate surface area is 90.6 Å². The second kappa shape index (κ2) is 4.53. The molecule has 1 aromatic carbocycles. The Morgan fingerprint density at radius 1 is 1.53 bits per heavy atom. The van der Waals surface area contributed by atoms with Crippen molar-refractivity contribution in [1.29, 1.82) is 0 Å². The number of nitrogens with two attached hydrogens (primary N) is 1. The molecular formula is C12H18N2O. The SMILES string of the molecule is COc1ccc2c(c1)CCC(CCN)N2. The van der Waals surface area contributed by atoms with E-state index in [0.29, 0.717) is 6.04 Å². The van der Waals surface area contributed by atoms with Gasteiger partial charge < -0.3 is 15.8 Å². The Hall–Kier alpha value is -1.22. The van der Waals surface area contributed by atoms with Crippen molar-refractivity contribution >= 4 is 5.69 Å². The van der Waals surface area contributed by atoms with Crippen molar-refractivity contribution in [2.45, 2.75) is 25.3 Å². The third kappa shape index (κ3) is 2.23. The standard InChI is InChI=1S/C12H18N2O/c1-15-11-4-5-12-9(8-11)2-3-10(14-12)6-7-13/h4-5,8,10,14H,2-3,6-7,13H2,1H3. The molecule has 0 fully saturated rings. The second-order valence-electron chi connectivity index (χ2n) is 3.98. The van der Waals surface area contributed by atoms with E-state index in [-0.39, 0.29) is 0 Å². The highest BCUT2D eigenvalue weighted by Crippen LogP contribution is 2.29. The molecule has 1 unspecified atom stereocenters. The number of methoxy groups -OCH3 is 1. The van der Waals surface area contributed by atoms with Gasteiger partial charge in [0.15, 0.2) is 0 Å². The number of ether oxygens (including phenoxy) is 1. The lowest BCUT2D eigenvalue weighted by Gasteiger charge is -2.27. The first-order chi connectivity index (χ1) is 7.33. The van der Waals surface area contributed by atoms with Gasteiger partial charge in [0.05, 0.1) is 7.11 Å². The molecule has 1 aliphatic heterocycles. The first-order valence-corrected chi connectivity index (χ1v) is 5.47. The topological polar surface area (TPSA) is 47.3 Å². The molecule has 0 bridgehead atoms. The molecule has 2 rings (SSSR count). The van der Waals surface area contributed by atoms with Crippen LogP contribution in [0.5, 0.6) is 5.75 Å². The highest BCUT2D eigenvalue weighted by Gasteiger charge is 2.16. The number of nitrogens with one attached hydrogen (secondary N) is 1. The molecule has 0 aliphatic carbocycles. The maximum Gasteiger partial charge on any atom is 0.119 e. The zero-order chi connectivity index (χ0) is 10.7. The van der Waals surface area contributed by atoms with E-state index in [9.17, 15) is 0 Å². The van der Waals surface area contributed by atoms with Gasteiger partial charge in [0.25, 0.3) is 0 Å². The number of rotatable bonds is 3. The second-order valence-corrected chi connectivity index (χ2v) is 3.98. The summed E-state index contributed by atoms with van der Waals surface area (Å²) in [6.45, 7) is 0.753. The van der Waals surface area contributed by atoms with Gasteiger partial charge in [-0.05, 0) is 49.6 Å². The first kappa shape index (κ1) is 10.3. The van der Waals surface area contributed by atoms with Gasteiger partial charge in [0.1, 0.15) is 5.75 Å². The average molecular weight is 206 g/mol. The summed E-state index contributed by atoms with van der Waals surface area (Å²) >= 11 is 0. The van der Waals surface area contributed by atoms with Crippen LogP contribution < -0.4 is 15.8 Å². The lowest BCUT2D eigenvalue weighted by atomic mass is 9.96. The van der Waals surface area contributed by atoms with Crippen molar-refractivity contribution in [2.75, 3.05) is 19.0 Å². The van der Waals surface area contributed by atoms with E-state index >= 15 is 0 Å². The van der Waals surface area contributed by atoms with Gasteiger partial charge in [0.2, 0.25) is 0 Å². The molecule has 1 aliphatic rings. The summed E-state index contributed by atoms with van der Waals surface area (Å²) in [4.78, 5) is 0. The third-order valence-electron chi connectivity index (χ3n) is 2.95. The molecule has 3 nitrogen and oxygen atoms in total. The largest absolute Gasteiger partial charge is 0.497 e. The maximum absolute atomic E-state index is 5.56. The Kier molecular flexibility index (Phi) is 3.11. The molecule has 3 heteroatoms. The van der Waals surface area contributed by atoms with Crippen molar-refractivity contribution in [3.05, 3.63) is 23.8 Å². The van der Waals surface area contributed by atoms with E-state index in [0.717, 1.165) is 31.6 Å². The van der Waals surface area contributed by atoms with Crippen molar-refractivity contribution in [1.82, 2.24) is 0 Å². The molecule has 0 amide bonds. The zero-order valence-electron chi connectivity index (χ0n) is 9.12. The van der Waals surface area contributed by atoms with Gasteiger partial charge in [-0.3, -0.25) is 0 Å². The summed E-state index contributed by atoms with van der Waals surface area (Å²) in [5.41, 5.74) is 8.15. The van der Waals surface area contributed by atoms with Crippen molar-refractivity contribution < 1.29 is 4.74 Å². The Morgan fingerprint density at radius 2 is 2.40 bits per heavy atom. The molecule has 1 aromatic rings. The van der Waals surface area contributed by atoms with E-state index in [1.165, 1.54) is 11.3 Å². The van der Waals surface area contributed by atoms with Crippen molar-refractivity contribution in [3.8, 4) is 5.75 Å². The molecular weight excluding hydrogens is 188 g/mol. The molecule has 0 saturated heterocycles. The number of hydrogen-bond donors (Lipinski definition) is 2. The molecule has 1 atom stereocenters. The molecule has 0 spiro atoms. The van der Waals surface area contributed by atoms with Crippen LogP contribution in [0.2, 0.25) is 0 Å². The summed E-state index contributed by atoms with van der Waals surface area (Å²) in [6.07, 6.45) is 3.33. The molecule has 0 saturated carbocycles. The van der Waals surface area contributed by atoms with E-state index in [2.05, 4.69) is 17.4 Å². The van der Waals surface area contributed by atoms with E-state index in [1.54, 1.807) is 7.11 Å². The quantitative estimate of drug-likeness (QED) is 0.792. The van der Waals surface area contributed by atoms with Crippen LogP contribution >= 0.6 is 0 Å². The maximum atomic E-state index is 5.56. The minimum absolute atomic E-state index is 0.538. The van der Waals surface area contributed by atoms with Crippen molar-refractivity contribution in [3.63, 3.8) is 0 Å². The molecule has 3 N–H and O–H groups in total. The first-order valence-electron chi connectivity index (χ1n) is 5.47. The molecule has 0 radical (unpaired) electrons. The van der Waals surface area contributed by atoms with Crippen LogP contribution in [-0.4, -0.2) is 19.7 Å². The number of hydrogen-bond acceptors (Lipinski definition) is 3. The Balaban J connectivity index is 2.13.